The van der Waals surface area contributed by atoms with Crippen LogP contribution in [-0.4, -0.2) is 53.9 Å². The molecule has 0 amide bonds. The molecule has 2 heterocycles. The number of hydrogen-bond acceptors (Lipinski definition) is 4. The summed E-state index contributed by atoms with van der Waals surface area (Å²) in [5.41, 5.74) is 6.08. The number of halogens is 1. The van der Waals surface area contributed by atoms with Crippen LogP contribution in [0.2, 0.25) is 0 Å². The topological polar surface area (TPSA) is 61.5 Å². The number of nitrogens with zero attached hydrogens (tertiary/aromatic N) is 1. The zero-order chi connectivity index (χ0) is 10.2. The van der Waals surface area contributed by atoms with Gasteiger partial charge >= 0.3 is 0 Å². The maximum atomic E-state index is 9.74. The van der Waals surface area contributed by atoms with Crippen LogP contribution in [0.5, 0.6) is 0 Å². The van der Waals surface area contributed by atoms with E-state index >= 15 is 0 Å². The van der Waals surface area contributed by atoms with E-state index in [2.05, 4.69) is 17.1 Å². The van der Waals surface area contributed by atoms with Crippen molar-refractivity contribution < 1.29 is 5.11 Å². The number of β-amino-alcohol motifs (C(OH)–C–C–N with tert-alkyl or cyclic N) is 1. The number of aliphatic hydroxyl groups is 1. The highest BCUT2D eigenvalue weighted by Gasteiger charge is 2.34. The molecule has 2 aliphatic heterocycles. The smallest absolute Gasteiger partial charge is 0.0831 e. The zero-order valence-electron chi connectivity index (χ0n) is 9.28. The van der Waals surface area contributed by atoms with Crippen LogP contribution in [0.1, 0.15) is 19.8 Å². The number of nitrogens with one attached hydrogen (secondary N) is 1. The van der Waals surface area contributed by atoms with Crippen molar-refractivity contribution in [3.05, 3.63) is 0 Å². The van der Waals surface area contributed by atoms with Gasteiger partial charge in [-0.25, -0.2) is 0 Å². The third-order valence-corrected chi connectivity index (χ3v) is 3.56. The lowest BCUT2D eigenvalue weighted by atomic mass is 9.90. The van der Waals surface area contributed by atoms with Gasteiger partial charge in [0.2, 0.25) is 0 Å². The van der Waals surface area contributed by atoms with Crippen molar-refractivity contribution in [3.63, 3.8) is 0 Å². The number of nitrogens with two attached hydrogens (primary N) is 1. The first kappa shape index (κ1) is 13.2. The van der Waals surface area contributed by atoms with Gasteiger partial charge in [0.15, 0.2) is 0 Å². The highest BCUT2D eigenvalue weighted by atomic mass is 35.5. The third-order valence-electron chi connectivity index (χ3n) is 3.56. The molecule has 4 N–H and O–H groups in total. The Hall–Kier alpha value is 0.130. The van der Waals surface area contributed by atoms with Gasteiger partial charge in [-0.15, -0.1) is 12.4 Å². The summed E-state index contributed by atoms with van der Waals surface area (Å²) in [6.07, 6.45) is 1.88. The fourth-order valence-electron chi connectivity index (χ4n) is 2.39. The number of aliphatic hydroxyl groups excluding tert-OH is 1. The number of hydrogen-bond donors (Lipinski definition) is 3. The first-order chi connectivity index (χ1) is 6.58. The van der Waals surface area contributed by atoms with Crippen LogP contribution < -0.4 is 11.1 Å². The van der Waals surface area contributed by atoms with Crippen molar-refractivity contribution in [2.75, 3.05) is 26.2 Å². The fourth-order valence-corrected chi connectivity index (χ4v) is 2.39. The quantitative estimate of drug-likeness (QED) is 0.577. The number of rotatable bonds is 1. The SMILES string of the molecule is CC1(N)CCN([C@@H]2CNC[C@H]2O)CC1.Cl. The maximum absolute atomic E-state index is 9.74. The van der Waals surface area contributed by atoms with Crippen LogP contribution >= 0.6 is 12.4 Å². The van der Waals surface area contributed by atoms with Crippen LogP contribution in [0.15, 0.2) is 0 Å². The zero-order valence-corrected chi connectivity index (χ0v) is 10.1. The van der Waals surface area contributed by atoms with Gasteiger partial charge in [0.1, 0.15) is 0 Å². The largest absolute Gasteiger partial charge is 0.390 e. The monoisotopic (exact) mass is 235 g/mol. The lowest BCUT2D eigenvalue weighted by Crippen LogP contribution is -2.53. The minimum Gasteiger partial charge on any atom is -0.390 e. The number of likely N-dealkylation sites (tertiary alicyclic amines) is 1. The Bertz CT molecular complexity index is 203. The Kier molecular flexibility index (Phi) is 4.38. The molecule has 2 fully saturated rings. The summed E-state index contributed by atoms with van der Waals surface area (Å²) >= 11 is 0. The normalized spacial score (nSPS) is 36.2. The Morgan fingerprint density at radius 2 is 1.93 bits per heavy atom. The van der Waals surface area contributed by atoms with E-state index in [-0.39, 0.29) is 24.0 Å². The molecular weight excluding hydrogens is 214 g/mol. The Balaban J connectivity index is 0.00000112. The van der Waals surface area contributed by atoms with Crippen molar-refractivity contribution in [1.29, 1.82) is 0 Å². The Morgan fingerprint density at radius 1 is 1.33 bits per heavy atom. The summed E-state index contributed by atoms with van der Waals surface area (Å²) in [6, 6.07) is 0.311. The molecule has 2 saturated heterocycles. The summed E-state index contributed by atoms with van der Waals surface area (Å²) in [5.74, 6) is 0. The van der Waals surface area contributed by atoms with E-state index in [4.69, 9.17) is 5.73 Å². The van der Waals surface area contributed by atoms with Crippen molar-refractivity contribution in [1.82, 2.24) is 10.2 Å². The van der Waals surface area contributed by atoms with Crippen LogP contribution in [0.4, 0.5) is 0 Å². The Labute approximate surface area is 97.6 Å². The van der Waals surface area contributed by atoms with E-state index in [1.807, 2.05) is 0 Å². The lowest BCUT2D eigenvalue weighted by Gasteiger charge is -2.40. The molecule has 2 aliphatic rings. The fraction of sp³-hybridized carbons (Fsp3) is 1.00. The molecule has 0 saturated carbocycles. The molecule has 0 aromatic heterocycles. The van der Waals surface area contributed by atoms with Crippen LogP contribution in [0.25, 0.3) is 0 Å². The van der Waals surface area contributed by atoms with Gasteiger partial charge in [-0.3, -0.25) is 4.90 Å². The van der Waals surface area contributed by atoms with Crippen LogP contribution in [-0.2, 0) is 0 Å². The second kappa shape index (κ2) is 4.97. The summed E-state index contributed by atoms with van der Waals surface area (Å²) in [6.45, 7) is 5.82. The summed E-state index contributed by atoms with van der Waals surface area (Å²) in [4.78, 5) is 2.37. The predicted octanol–water partition coefficient (Wildman–Crippen LogP) is -0.446. The van der Waals surface area contributed by atoms with Crippen molar-refractivity contribution >= 4 is 12.4 Å². The first-order valence-electron chi connectivity index (χ1n) is 5.50. The van der Waals surface area contributed by atoms with E-state index in [0.717, 1.165) is 39.0 Å². The van der Waals surface area contributed by atoms with Gasteiger partial charge in [-0.05, 0) is 19.8 Å². The molecule has 0 aliphatic carbocycles. The molecule has 0 aromatic carbocycles. The van der Waals surface area contributed by atoms with Gasteiger partial charge in [0.25, 0.3) is 0 Å². The molecule has 0 unspecified atom stereocenters. The highest BCUT2D eigenvalue weighted by molar-refractivity contribution is 5.85. The lowest BCUT2D eigenvalue weighted by molar-refractivity contribution is 0.0555. The average Bonchev–Trinajstić information content (AvgIpc) is 2.52. The molecule has 0 aromatic rings. The highest BCUT2D eigenvalue weighted by Crippen LogP contribution is 2.22. The second-order valence-corrected chi connectivity index (χ2v) is 4.98. The molecule has 5 heteroatoms. The number of piperidine rings is 1. The predicted molar refractivity (Wildman–Crippen MR) is 63.3 cm³/mol. The molecule has 0 bridgehead atoms. The summed E-state index contributed by atoms with van der Waals surface area (Å²) in [5, 5.41) is 13.0. The van der Waals surface area contributed by atoms with E-state index in [9.17, 15) is 5.11 Å². The Morgan fingerprint density at radius 3 is 2.40 bits per heavy atom. The van der Waals surface area contributed by atoms with E-state index < -0.39 is 0 Å². The van der Waals surface area contributed by atoms with Gasteiger partial charge in [-0.2, -0.15) is 0 Å². The minimum absolute atomic E-state index is 0. The average molecular weight is 236 g/mol. The summed E-state index contributed by atoms with van der Waals surface area (Å²) in [7, 11) is 0. The van der Waals surface area contributed by atoms with Gasteiger partial charge in [0, 0.05) is 37.8 Å². The third kappa shape index (κ3) is 3.04. The van der Waals surface area contributed by atoms with Gasteiger partial charge < -0.3 is 16.2 Å². The molecule has 2 atom stereocenters. The van der Waals surface area contributed by atoms with Crippen LogP contribution in [0.3, 0.4) is 0 Å². The standard InChI is InChI=1S/C10H21N3O.ClH/c1-10(11)2-4-13(5-3-10)8-6-12-7-9(8)14;/h8-9,12,14H,2-7,11H2,1H3;1H/t8-,9-;/m1./s1. The van der Waals surface area contributed by atoms with Crippen molar-refractivity contribution in [2.24, 2.45) is 5.73 Å². The van der Waals surface area contributed by atoms with Crippen molar-refractivity contribution in [3.8, 4) is 0 Å². The molecule has 15 heavy (non-hydrogen) atoms. The maximum Gasteiger partial charge on any atom is 0.0831 e. The molecule has 0 radical (unpaired) electrons. The van der Waals surface area contributed by atoms with E-state index in [1.165, 1.54) is 0 Å². The molecule has 4 nitrogen and oxygen atoms in total. The second-order valence-electron chi connectivity index (χ2n) is 4.98. The van der Waals surface area contributed by atoms with Gasteiger partial charge in [0.05, 0.1) is 6.10 Å². The van der Waals surface area contributed by atoms with Gasteiger partial charge in [-0.1, -0.05) is 0 Å². The molecular formula is C10H22ClN3O. The van der Waals surface area contributed by atoms with Crippen LogP contribution in [0, 0.1) is 0 Å². The summed E-state index contributed by atoms with van der Waals surface area (Å²) < 4.78 is 0. The van der Waals surface area contributed by atoms with E-state index in [0.29, 0.717) is 6.04 Å². The first-order valence-corrected chi connectivity index (χ1v) is 5.50. The molecule has 90 valence electrons. The minimum atomic E-state index is -0.197. The molecule has 2 rings (SSSR count). The van der Waals surface area contributed by atoms with Crippen molar-refractivity contribution in [2.45, 2.75) is 37.5 Å². The molecule has 0 spiro atoms. The van der Waals surface area contributed by atoms with E-state index in [1.54, 1.807) is 0 Å².